The molecular formula is CH2NOSi. The highest BCUT2D eigenvalue weighted by molar-refractivity contribution is 6.10. The Hall–Kier alpha value is -0.313. The number of nitrogens with one attached hydrogen (secondary N) is 1. The summed E-state index contributed by atoms with van der Waals surface area (Å²) in [6, 6.07) is 0. The topological polar surface area (TPSA) is 33.4 Å². The lowest BCUT2D eigenvalue weighted by Crippen LogP contribution is -2.01. The van der Waals surface area contributed by atoms with Crippen LogP contribution in [0.5, 0.6) is 0 Å². The lowest BCUT2D eigenvalue weighted by atomic mass is 11.5. The smallest absolute Gasteiger partial charge is 0.154 e. The van der Waals surface area contributed by atoms with Crippen molar-refractivity contribution in [2.24, 2.45) is 0 Å². The highest BCUT2D eigenvalue weighted by atomic mass is 28.2. The highest BCUT2D eigenvalue weighted by Crippen LogP contribution is 1.05. The van der Waals surface area contributed by atoms with Crippen molar-refractivity contribution in [1.82, 2.24) is 4.98 Å². The molecule has 0 aliphatic heterocycles. The average Bonchev–Trinajstić information content (AvgIpc) is 1.37. The maximum Gasteiger partial charge on any atom is 0.154 e. The molecule has 0 aliphatic rings. The van der Waals surface area contributed by atoms with E-state index >= 15 is 0 Å². The molecule has 3 radical (unpaired) electrons. The Bertz CT molecular complexity index is 22.0. The second-order valence-electron chi connectivity index (χ2n) is 0.237. The van der Waals surface area contributed by atoms with Gasteiger partial charge in [0.15, 0.2) is 10.4 Å². The van der Waals surface area contributed by atoms with Gasteiger partial charge in [0.1, 0.15) is 0 Å². The molecule has 0 saturated carbocycles. The maximum atomic E-state index is 7.47. The molecule has 1 amide bonds. The third-order valence-corrected chi connectivity index (χ3v) is 0.168. The maximum absolute atomic E-state index is 7.47. The molecule has 0 aromatic carbocycles. The van der Waals surface area contributed by atoms with E-state index in [1.165, 1.54) is 0 Å². The van der Waals surface area contributed by atoms with Gasteiger partial charge in [-0.15, -0.1) is 0 Å². The summed E-state index contributed by atoms with van der Waals surface area (Å²) in [5.74, 6) is 0. The van der Waals surface area contributed by atoms with Gasteiger partial charge in [0.25, 0.3) is 0 Å². The second-order valence-corrected chi connectivity index (χ2v) is 0.487. The number of carbonyl (C=O) groups excluding carboxylic acids is 1. The molecule has 0 aromatic heterocycles. The van der Waals surface area contributed by atoms with Gasteiger partial charge < -0.3 is 9.78 Å². The summed E-state index contributed by atoms with van der Waals surface area (Å²) in [7, 11) is 2.68. The van der Waals surface area contributed by atoms with Crippen LogP contribution in [0.25, 0.3) is 0 Å². The van der Waals surface area contributed by atoms with Crippen molar-refractivity contribution in [3.63, 3.8) is 0 Å². The van der Waals surface area contributed by atoms with Gasteiger partial charge in [-0.2, -0.15) is 0 Å². The van der Waals surface area contributed by atoms with Crippen LogP contribution in [0.15, 0.2) is 0 Å². The van der Waals surface area contributed by atoms with Crippen LogP contribution in [-0.4, -0.2) is 21.6 Å². The van der Waals surface area contributed by atoms with E-state index in [0.29, 0.717) is 0 Å². The van der Waals surface area contributed by atoms with Crippen LogP contribution in [0, 0.1) is 0 Å². The van der Waals surface area contributed by atoms with E-state index < -0.39 is 0 Å². The predicted molar refractivity (Wildman–Crippen MR) is 15.8 cm³/mol. The van der Waals surface area contributed by atoms with Gasteiger partial charge in [0, 0.05) is 0 Å². The van der Waals surface area contributed by atoms with E-state index in [0.717, 1.165) is 0 Å². The van der Waals surface area contributed by atoms with Crippen molar-refractivity contribution in [1.29, 1.82) is 0 Å². The van der Waals surface area contributed by atoms with Gasteiger partial charge in [-0.1, -0.05) is 0 Å². The number of rotatable bonds is 1. The molecule has 3 heteroatoms. The van der Waals surface area contributed by atoms with E-state index in [2.05, 4.69) is 10.4 Å². The fourth-order valence-corrected chi connectivity index (χ4v) is 0. The van der Waals surface area contributed by atoms with Crippen molar-refractivity contribution in [3.05, 3.63) is 0 Å². The molecule has 0 aromatic rings. The molecule has 0 heterocycles. The third-order valence-electron chi connectivity index (χ3n) is 0.0559. The number of amides is 1. The molecule has 0 rings (SSSR count). The van der Waals surface area contributed by atoms with Crippen LogP contribution in [-0.2, 0) is 0 Å². The zero-order valence-electron chi connectivity index (χ0n) is 1.95. The van der Waals surface area contributed by atoms with Crippen LogP contribution in [0.1, 0.15) is 0 Å². The Kier molecular flexibility index (Phi) is 2.48. The van der Waals surface area contributed by atoms with Crippen LogP contribution >= 0.6 is 0 Å². The first-order valence-electron chi connectivity index (χ1n) is 0.724. The van der Waals surface area contributed by atoms with E-state index in [1.54, 1.807) is 6.41 Å². The molecule has 0 saturated heterocycles. The minimum atomic E-state index is 1.59. The van der Waals surface area contributed by atoms with Crippen LogP contribution in [0.3, 0.4) is 0 Å². The fraction of sp³-hybridized carbons (Fsp3) is 0. The van der Waals surface area contributed by atoms with Crippen molar-refractivity contribution in [2.45, 2.75) is 0 Å². The molecule has 2 nitrogen and oxygen atoms in total. The van der Waals surface area contributed by atoms with Crippen LogP contribution in [0.4, 0.5) is 0 Å². The lowest BCUT2D eigenvalue weighted by molar-refractivity contribution is 0.683. The Morgan fingerprint density at radius 2 is 2.25 bits per heavy atom. The molecule has 0 unspecified atom stereocenters. The molecule has 0 atom stereocenters. The zero-order chi connectivity index (χ0) is 3.41. The summed E-state index contributed by atoms with van der Waals surface area (Å²) in [6.45, 7) is 0. The summed E-state index contributed by atoms with van der Waals surface area (Å²) in [5.41, 5.74) is 0. The van der Waals surface area contributed by atoms with Gasteiger partial charge in [-0.3, -0.25) is 0 Å². The molecule has 2 N–H and O–H groups in total. The fourth-order valence-electron chi connectivity index (χ4n) is 0. The van der Waals surface area contributed by atoms with E-state index in [9.17, 15) is 0 Å². The molecule has 21 valence electrons. The summed E-state index contributed by atoms with van der Waals surface area (Å²) in [4.78, 5) is 9.51. The van der Waals surface area contributed by atoms with Crippen LogP contribution in [0.2, 0.25) is 0 Å². The monoisotopic (exact) mass is 72.0 g/mol. The Labute approximate surface area is 27.7 Å². The Morgan fingerprint density at radius 1 is 2.00 bits per heavy atom. The molecule has 4 heavy (non-hydrogen) atoms. The molecule has 0 spiro atoms. The SMILES string of the molecule is [OH+]=[C-]N[Si]. The van der Waals surface area contributed by atoms with Gasteiger partial charge in [-0.05, 0) is 0 Å². The Morgan fingerprint density at radius 3 is 2.25 bits per heavy atom. The molecule has 0 fully saturated rings. The zero-order valence-corrected chi connectivity index (χ0v) is 2.95. The quantitative estimate of drug-likeness (QED) is 0.172. The van der Waals surface area contributed by atoms with Crippen LogP contribution < -0.4 is 4.98 Å². The van der Waals surface area contributed by atoms with E-state index in [4.69, 9.17) is 4.79 Å². The summed E-state index contributed by atoms with van der Waals surface area (Å²) < 4.78 is 0. The van der Waals surface area contributed by atoms with Crippen molar-refractivity contribution >= 4 is 16.8 Å². The standard InChI is InChI=1S/CH2NOSi/c3-1-2-4/h2-3H. The second kappa shape index (κ2) is 2.69. The van der Waals surface area contributed by atoms with Gasteiger partial charge in [-0.25, -0.2) is 0 Å². The lowest BCUT2D eigenvalue weighted by Gasteiger charge is -1.74. The van der Waals surface area contributed by atoms with E-state index in [-0.39, 0.29) is 0 Å². The third kappa shape index (κ3) is 1.69. The van der Waals surface area contributed by atoms with Crippen molar-refractivity contribution in [2.75, 3.05) is 0 Å². The predicted octanol–water partition coefficient (Wildman–Crippen LogP) is -1.33. The van der Waals surface area contributed by atoms with Gasteiger partial charge in [0.2, 0.25) is 0 Å². The largest absolute Gasteiger partial charge is 0.513 e. The van der Waals surface area contributed by atoms with Crippen molar-refractivity contribution < 1.29 is 4.79 Å². The van der Waals surface area contributed by atoms with Crippen molar-refractivity contribution in [3.8, 4) is 0 Å². The minimum absolute atomic E-state index is 1.59. The number of hydrogen-bond donors (Lipinski definition) is 1. The Balaban J connectivity index is 2.30. The van der Waals surface area contributed by atoms with Gasteiger partial charge >= 0.3 is 0 Å². The first kappa shape index (κ1) is 3.69. The summed E-state index contributed by atoms with van der Waals surface area (Å²) in [6.07, 6.45) is 1.59. The van der Waals surface area contributed by atoms with Gasteiger partial charge in [0.05, 0.1) is 6.41 Å². The first-order chi connectivity index (χ1) is 1.91. The average molecular weight is 72.1 g/mol. The summed E-state index contributed by atoms with van der Waals surface area (Å²) in [5, 5.41) is 0. The summed E-state index contributed by atoms with van der Waals surface area (Å²) >= 11 is 0. The molecule has 0 bridgehead atoms. The number of hydrogen-bond acceptors (Lipinski definition) is 0. The highest BCUT2D eigenvalue weighted by Gasteiger charge is 1.34. The first-order valence-corrected chi connectivity index (χ1v) is 1.22. The molecule has 0 aliphatic carbocycles. The van der Waals surface area contributed by atoms with E-state index in [1.807, 2.05) is 4.98 Å². The normalized spacial score (nSPS) is 5.25. The minimum Gasteiger partial charge on any atom is -0.513 e. The molecular weight excluding hydrogens is 70.1 g/mol.